The topological polar surface area (TPSA) is 181 Å². The summed E-state index contributed by atoms with van der Waals surface area (Å²) in [6.07, 6.45) is 3.48. The minimum absolute atomic E-state index is 0.0234. The molecular weight excluding hydrogens is 466 g/mol. The molecule has 36 heavy (non-hydrogen) atoms. The molecule has 2 bridgehead atoms. The molecule has 200 valence electrons. The highest BCUT2D eigenvalue weighted by atomic mass is 16.5. The summed E-state index contributed by atoms with van der Waals surface area (Å²) in [6.45, 7) is 5.14. The number of aliphatic hydroxyl groups excluding tert-OH is 2. The van der Waals surface area contributed by atoms with Gasteiger partial charge in [-0.05, 0) is 38.7 Å². The molecular formula is C26H39N3O7. The minimum atomic E-state index is -1.05. The number of benzene rings is 1. The fourth-order valence-corrected chi connectivity index (χ4v) is 4.15. The van der Waals surface area contributed by atoms with Crippen LogP contribution in [0.1, 0.15) is 39.2 Å². The molecule has 1 heterocycles. The third-order valence-corrected chi connectivity index (χ3v) is 6.48. The summed E-state index contributed by atoms with van der Waals surface area (Å²) in [5.74, 6) is -1.47. The normalized spacial score (nSPS) is 31.7. The number of phenols is 2. The second-order valence-corrected chi connectivity index (χ2v) is 9.34. The Morgan fingerprint density at radius 2 is 1.78 bits per heavy atom. The average molecular weight is 506 g/mol. The van der Waals surface area contributed by atoms with Crippen molar-refractivity contribution in [3.05, 3.63) is 41.0 Å². The van der Waals surface area contributed by atoms with Crippen LogP contribution in [0, 0.1) is 5.92 Å². The molecule has 6 unspecified atom stereocenters. The van der Waals surface area contributed by atoms with Gasteiger partial charge in [0.2, 0.25) is 0 Å². The predicted octanol–water partition coefficient (Wildman–Crippen LogP) is 2.03. The number of ether oxygens (including phenoxy) is 2. The summed E-state index contributed by atoms with van der Waals surface area (Å²) in [7, 11) is 2.92. The van der Waals surface area contributed by atoms with Crippen LogP contribution >= 0.6 is 0 Å². The summed E-state index contributed by atoms with van der Waals surface area (Å²) in [5, 5.41) is 45.4. The zero-order valence-corrected chi connectivity index (χ0v) is 21.4. The first-order valence-electron chi connectivity index (χ1n) is 11.8. The molecule has 0 spiro atoms. The van der Waals surface area contributed by atoms with Crippen molar-refractivity contribution in [1.29, 1.82) is 0 Å². The lowest BCUT2D eigenvalue weighted by molar-refractivity contribution is -0.112. The summed E-state index contributed by atoms with van der Waals surface area (Å²) in [4.78, 5) is 12.7. The van der Waals surface area contributed by atoms with Crippen LogP contribution in [0.5, 0.6) is 11.5 Å². The molecule has 0 radical (unpaired) electrons. The average Bonchev–Trinajstić information content (AvgIpc) is 2.84. The van der Waals surface area contributed by atoms with Crippen LogP contribution in [0.25, 0.3) is 6.08 Å². The van der Waals surface area contributed by atoms with Crippen LogP contribution in [0.3, 0.4) is 0 Å². The Kier molecular flexibility index (Phi) is 10.5. The smallest absolute Gasteiger partial charge is 0.251 e. The summed E-state index contributed by atoms with van der Waals surface area (Å²) >= 11 is 0. The number of hydrogen-bond donors (Lipinski definition) is 7. The molecule has 2 rings (SSSR count). The van der Waals surface area contributed by atoms with Gasteiger partial charge in [-0.3, -0.25) is 4.79 Å². The van der Waals surface area contributed by atoms with Gasteiger partial charge in [-0.1, -0.05) is 30.7 Å². The van der Waals surface area contributed by atoms with Gasteiger partial charge in [0.25, 0.3) is 5.91 Å². The zero-order chi connectivity index (χ0) is 27.2. The van der Waals surface area contributed by atoms with Crippen molar-refractivity contribution in [1.82, 2.24) is 0 Å². The first-order chi connectivity index (χ1) is 16.9. The van der Waals surface area contributed by atoms with E-state index in [0.717, 1.165) is 0 Å². The lowest BCUT2D eigenvalue weighted by Crippen LogP contribution is -2.46. The summed E-state index contributed by atoms with van der Waals surface area (Å²) < 4.78 is 10.9. The van der Waals surface area contributed by atoms with Gasteiger partial charge in [-0.2, -0.15) is 0 Å². The first kappa shape index (κ1) is 29.3. The molecule has 10 heteroatoms. The van der Waals surface area contributed by atoms with Crippen LogP contribution in [0.4, 0.5) is 11.4 Å². The molecule has 10 nitrogen and oxygen atoms in total. The number of aliphatic hydroxyl groups is 2. The Morgan fingerprint density at radius 1 is 1.11 bits per heavy atom. The molecule has 0 aliphatic carbocycles. The lowest BCUT2D eigenvalue weighted by atomic mass is 9.88. The number of hydrogen-bond acceptors (Lipinski definition) is 9. The number of allylic oxidation sites excluding steroid dienone is 2. The van der Waals surface area contributed by atoms with Crippen LogP contribution in [0.15, 0.2) is 35.4 Å². The molecule has 0 saturated carbocycles. The summed E-state index contributed by atoms with van der Waals surface area (Å²) in [5.41, 5.74) is 13.3. The zero-order valence-electron chi connectivity index (χ0n) is 21.4. The van der Waals surface area contributed by atoms with E-state index in [1.807, 2.05) is 6.92 Å². The van der Waals surface area contributed by atoms with Crippen molar-refractivity contribution >= 4 is 23.4 Å². The van der Waals surface area contributed by atoms with E-state index >= 15 is 0 Å². The number of nitrogens with one attached hydrogen (secondary N) is 1. The number of amides is 1. The maximum absolute atomic E-state index is 12.7. The predicted molar refractivity (Wildman–Crippen MR) is 139 cm³/mol. The second-order valence-electron chi connectivity index (χ2n) is 9.34. The number of nitrogens with two attached hydrogens (primary N) is 2. The van der Waals surface area contributed by atoms with E-state index in [9.17, 15) is 25.2 Å². The molecule has 1 amide bonds. The van der Waals surface area contributed by atoms with Gasteiger partial charge in [0.1, 0.15) is 17.6 Å². The van der Waals surface area contributed by atoms with Crippen LogP contribution in [0.2, 0.25) is 0 Å². The molecule has 1 aromatic rings. The van der Waals surface area contributed by atoms with E-state index in [1.54, 1.807) is 32.1 Å². The van der Waals surface area contributed by atoms with Crippen LogP contribution in [-0.2, 0) is 14.3 Å². The maximum Gasteiger partial charge on any atom is 0.251 e. The SMILES string of the molecule is COC1C=C/C=C(\C)C(=O)Nc2cc(O)c(N)c(c2O)/C=C(\C)CC(OC)C(O)C(N)CC(C)C1O. The van der Waals surface area contributed by atoms with E-state index < -0.39 is 36.4 Å². The van der Waals surface area contributed by atoms with Gasteiger partial charge in [-0.15, -0.1) is 0 Å². The largest absolute Gasteiger partial charge is 0.506 e. The van der Waals surface area contributed by atoms with Crippen molar-refractivity contribution in [2.45, 2.75) is 64.1 Å². The molecule has 1 aliphatic rings. The van der Waals surface area contributed by atoms with E-state index in [4.69, 9.17) is 20.9 Å². The third kappa shape index (κ3) is 7.08. The van der Waals surface area contributed by atoms with E-state index in [0.29, 0.717) is 17.6 Å². The quantitative estimate of drug-likeness (QED) is 0.180. The van der Waals surface area contributed by atoms with Crippen molar-refractivity contribution in [3.63, 3.8) is 0 Å². The van der Waals surface area contributed by atoms with Crippen LogP contribution in [-0.4, -0.2) is 71.0 Å². The molecule has 0 aromatic heterocycles. The summed E-state index contributed by atoms with van der Waals surface area (Å²) in [6, 6.07) is 0.464. The Hall–Kier alpha value is -2.89. The van der Waals surface area contributed by atoms with Gasteiger partial charge in [0.05, 0.1) is 29.7 Å². The van der Waals surface area contributed by atoms with Crippen molar-refractivity contribution < 1.29 is 34.7 Å². The number of nitrogen functional groups attached to an aromatic ring is 1. The number of carbonyl (C=O) groups excluding carboxylic acids is 1. The number of fused-ring (bicyclic) bond motifs is 2. The maximum atomic E-state index is 12.7. The fourth-order valence-electron chi connectivity index (χ4n) is 4.15. The third-order valence-electron chi connectivity index (χ3n) is 6.48. The van der Waals surface area contributed by atoms with Gasteiger partial charge >= 0.3 is 0 Å². The van der Waals surface area contributed by atoms with Crippen LogP contribution < -0.4 is 16.8 Å². The van der Waals surface area contributed by atoms with Gasteiger partial charge < -0.3 is 46.7 Å². The molecule has 1 aromatic carbocycles. The van der Waals surface area contributed by atoms with E-state index in [1.165, 1.54) is 26.4 Å². The van der Waals surface area contributed by atoms with Gasteiger partial charge in [0, 0.05) is 37.5 Å². The van der Waals surface area contributed by atoms with E-state index in [2.05, 4.69) is 5.32 Å². The number of carbonyl (C=O) groups is 1. The standard InChI is InChI=1S/C26H39N3O7/c1-13-9-16-22(28)19(30)12-18(24(16)32)29-26(34)14(2)7-6-8-20(35-4)23(31)15(3)11-17(27)25(33)21(10-13)36-5/h6-9,12,15,17,20-21,23,25,30-33H,10-11,27-28H2,1-5H3,(H,29,34)/b8-6?,13-9+,14-7+. The first-order valence-corrected chi connectivity index (χ1v) is 11.8. The van der Waals surface area contributed by atoms with Crippen molar-refractivity contribution in [2.24, 2.45) is 11.7 Å². The number of phenolic OH excluding ortho intramolecular Hbond substituents is 2. The highest BCUT2D eigenvalue weighted by Crippen LogP contribution is 2.40. The van der Waals surface area contributed by atoms with E-state index in [-0.39, 0.29) is 40.8 Å². The number of methoxy groups -OCH3 is 2. The Bertz CT molecular complexity index is 1020. The molecule has 9 N–H and O–H groups in total. The highest BCUT2D eigenvalue weighted by molar-refractivity contribution is 6.05. The molecule has 6 atom stereocenters. The lowest BCUT2D eigenvalue weighted by Gasteiger charge is -2.31. The monoisotopic (exact) mass is 505 g/mol. The number of anilines is 2. The molecule has 0 saturated heterocycles. The molecule has 1 aliphatic heterocycles. The van der Waals surface area contributed by atoms with Crippen molar-refractivity contribution in [3.8, 4) is 11.5 Å². The highest BCUT2D eigenvalue weighted by Gasteiger charge is 2.31. The Balaban J connectivity index is 2.58. The Morgan fingerprint density at radius 3 is 2.39 bits per heavy atom. The fraction of sp³-hybridized carbons (Fsp3) is 0.500. The minimum Gasteiger partial charge on any atom is -0.506 e. The van der Waals surface area contributed by atoms with Crippen molar-refractivity contribution in [2.75, 3.05) is 25.3 Å². The molecule has 0 fully saturated rings. The number of rotatable bonds is 2. The van der Waals surface area contributed by atoms with Gasteiger partial charge in [-0.25, -0.2) is 0 Å². The number of aromatic hydroxyl groups is 2. The Labute approximate surface area is 211 Å². The second kappa shape index (κ2) is 12.9. The van der Waals surface area contributed by atoms with Gasteiger partial charge in [0.15, 0.2) is 0 Å².